The summed E-state index contributed by atoms with van der Waals surface area (Å²) in [5, 5.41) is 0.156. The topological polar surface area (TPSA) is 69.3 Å². The van der Waals surface area contributed by atoms with E-state index in [1.54, 1.807) is 24.6 Å². The molecule has 0 aliphatic heterocycles. The van der Waals surface area contributed by atoms with Gasteiger partial charge in [0.15, 0.2) is 20.7 Å². The Morgan fingerprint density at radius 2 is 2.00 bits per heavy atom. The number of halogens is 4. The van der Waals surface area contributed by atoms with Crippen LogP contribution in [0, 0.1) is 0 Å². The van der Waals surface area contributed by atoms with Gasteiger partial charge in [-0.25, -0.2) is 18.4 Å². The van der Waals surface area contributed by atoms with E-state index < -0.39 is 21.6 Å². The largest absolute Gasteiger partial charge is 0.417 e. The Bertz CT molecular complexity index is 1190. The van der Waals surface area contributed by atoms with Gasteiger partial charge in [0.25, 0.3) is 0 Å². The van der Waals surface area contributed by atoms with Crippen molar-refractivity contribution in [1.82, 2.24) is 18.9 Å². The van der Waals surface area contributed by atoms with E-state index in [2.05, 4.69) is 9.97 Å². The van der Waals surface area contributed by atoms with E-state index in [4.69, 9.17) is 11.6 Å². The van der Waals surface area contributed by atoms with Crippen molar-refractivity contribution in [3.05, 3.63) is 40.8 Å². The zero-order valence-corrected chi connectivity index (χ0v) is 16.7. The van der Waals surface area contributed by atoms with Crippen LogP contribution in [0.5, 0.6) is 0 Å². The van der Waals surface area contributed by atoms with Crippen LogP contribution in [0.3, 0.4) is 0 Å². The summed E-state index contributed by atoms with van der Waals surface area (Å²) in [4.78, 5) is 8.46. The van der Waals surface area contributed by atoms with Crippen LogP contribution < -0.4 is 0 Å². The van der Waals surface area contributed by atoms with Crippen molar-refractivity contribution in [2.24, 2.45) is 7.05 Å². The van der Waals surface area contributed by atoms with Crippen molar-refractivity contribution in [2.45, 2.75) is 25.0 Å². The van der Waals surface area contributed by atoms with Gasteiger partial charge in [-0.2, -0.15) is 13.2 Å². The molecule has 0 spiro atoms. The SMILES string of the molecule is CCS(=O)(=O)c1c(-c2ncc(C=C(C)Cl)n2C)nc2ccc(C(F)(F)F)cn12. The molecule has 28 heavy (non-hydrogen) atoms. The molecule has 150 valence electrons. The van der Waals surface area contributed by atoms with E-state index in [-0.39, 0.29) is 27.9 Å². The molecular weight excluding hydrogens is 417 g/mol. The molecule has 11 heteroatoms. The zero-order valence-electron chi connectivity index (χ0n) is 15.1. The molecule has 0 bridgehead atoms. The van der Waals surface area contributed by atoms with Gasteiger partial charge in [-0.05, 0) is 25.1 Å². The van der Waals surface area contributed by atoms with Gasteiger partial charge >= 0.3 is 6.18 Å². The van der Waals surface area contributed by atoms with Gasteiger partial charge in [0, 0.05) is 18.3 Å². The number of aromatic nitrogens is 4. The highest BCUT2D eigenvalue weighted by atomic mass is 35.5. The molecule has 0 unspecified atom stereocenters. The van der Waals surface area contributed by atoms with Crippen molar-refractivity contribution >= 4 is 33.2 Å². The number of nitrogens with zero attached hydrogens (tertiary/aromatic N) is 4. The van der Waals surface area contributed by atoms with Crippen molar-refractivity contribution in [1.29, 1.82) is 0 Å². The quantitative estimate of drug-likeness (QED) is 0.621. The summed E-state index contributed by atoms with van der Waals surface area (Å²) in [5.74, 6) is -0.101. The minimum absolute atomic E-state index is 0.0180. The second-order valence-electron chi connectivity index (χ2n) is 6.11. The molecule has 3 heterocycles. The second-order valence-corrected chi connectivity index (χ2v) is 8.90. The summed E-state index contributed by atoms with van der Waals surface area (Å²) in [6.45, 7) is 3.08. The average molecular weight is 433 g/mol. The monoisotopic (exact) mass is 432 g/mol. The summed E-state index contributed by atoms with van der Waals surface area (Å²) in [7, 11) is -2.27. The highest BCUT2D eigenvalue weighted by Crippen LogP contribution is 2.33. The fourth-order valence-electron chi connectivity index (χ4n) is 2.75. The normalized spacial score (nSPS) is 13.5. The number of hydrogen-bond acceptors (Lipinski definition) is 4. The van der Waals surface area contributed by atoms with E-state index in [1.807, 2.05) is 0 Å². The molecule has 0 fully saturated rings. The molecule has 6 nitrogen and oxygen atoms in total. The highest BCUT2D eigenvalue weighted by Gasteiger charge is 2.33. The maximum absolute atomic E-state index is 13.1. The molecule has 0 aliphatic rings. The molecule has 0 radical (unpaired) electrons. The van der Waals surface area contributed by atoms with Crippen LogP contribution in [-0.2, 0) is 23.1 Å². The number of alkyl halides is 3. The number of imidazole rings is 2. The third kappa shape index (κ3) is 3.53. The third-order valence-electron chi connectivity index (χ3n) is 4.16. The van der Waals surface area contributed by atoms with E-state index in [0.717, 1.165) is 22.7 Å². The van der Waals surface area contributed by atoms with Crippen molar-refractivity contribution < 1.29 is 21.6 Å². The summed E-state index contributed by atoms with van der Waals surface area (Å²) >= 11 is 5.89. The van der Waals surface area contributed by atoms with E-state index in [1.165, 1.54) is 13.1 Å². The lowest BCUT2D eigenvalue weighted by atomic mass is 10.3. The van der Waals surface area contributed by atoms with Crippen LogP contribution in [0.25, 0.3) is 23.2 Å². The molecule has 0 saturated heterocycles. The first-order valence-corrected chi connectivity index (χ1v) is 10.2. The Morgan fingerprint density at radius 1 is 1.32 bits per heavy atom. The Hall–Kier alpha value is -2.33. The summed E-state index contributed by atoms with van der Waals surface area (Å²) in [5.41, 5.74) is -0.327. The van der Waals surface area contributed by atoms with Crippen LogP contribution >= 0.6 is 11.6 Å². The maximum Gasteiger partial charge on any atom is 0.417 e. The minimum atomic E-state index is -4.62. The molecule has 3 aromatic heterocycles. The van der Waals surface area contributed by atoms with Gasteiger partial charge in [0.05, 0.1) is 23.2 Å². The van der Waals surface area contributed by atoms with Gasteiger partial charge in [-0.3, -0.25) is 4.40 Å². The van der Waals surface area contributed by atoms with Gasteiger partial charge in [-0.15, -0.1) is 0 Å². The number of sulfone groups is 1. The van der Waals surface area contributed by atoms with E-state index >= 15 is 0 Å². The van der Waals surface area contributed by atoms with E-state index in [0.29, 0.717) is 10.7 Å². The molecule has 0 aromatic carbocycles. The predicted molar refractivity (Wildman–Crippen MR) is 99.6 cm³/mol. The van der Waals surface area contributed by atoms with Gasteiger partial charge in [0.2, 0.25) is 0 Å². The molecule has 3 rings (SSSR count). The number of fused-ring (bicyclic) bond motifs is 1. The Balaban J connectivity index is 2.37. The maximum atomic E-state index is 13.1. The number of hydrogen-bond donors (Lipinski definition) is 0. The standard InChI is InChI=1S/C17H16ClF3N4O2S/c1-4-28(26,27)16-14(15-22-8-12(24(15)3)7-10(2)18)23-13-6-5-11(9-25(13)16)17(19,20)21/h5-9H,4H2,1-3H3. The first-order chi connectivity index (χ1) is 13.0. The molecular formula is C17H16ClF3N4O2S. The highest BCUT2D eigenvalue weighted by molar-refractivity contribution is 7.91. The number of rotatable bonds is 4. The number of allylic oxidation sites excluding steroid dienone is 1. The third-order valence-corrected chi connectivity index (χ3v) is 6.01. The second kappa shape index (κ2) is 6.93. The van der Waals surface area contributed by atoms with Crippen molar-refractivity contribution in [3.8, 4) is 11.5 Å². The fourth-order valence-corrected chi connectivity index (χ4v) is 4.01. The van der Waals surface area contributed by atoms with Crippen LogP contribution in [-0.4, -0.2) is 33.1 Å². The summed E-state index contributed by atoms with van der Waals surface area (Å²) in [6, 6.07) is 1.99. The Kier molecular flexibility index (Phi) is 5.05. The zero-order chi connectivity index (χ0) is 20.9. The molecule has 0 amide bonds. The lowest BCUT2D eigenvalue weighted by Gasteiger charge is -2.09. The number of pyridine rings is 1. The summed E-state index contributed by atoms with van der Waals surface area (Å²) in [6.07, 6.45) is -0.774. The first kappa shape index (κ1) is 20.4. The Labute approximate surface area is 164 Å². The van der Waals surface area contributed by atoms with Crippen LogP contribution in [0.15, 0.2) is 34.6 Å². The van der Waals surface area contributed by atoms with Crippen molar-refractivity contribution in [2.75, 3.05) is 5.75 Å². The van der Waals surface area contributed by atoms with Gasteiger partial charge in [0.1, 0.15) is 11.3 Å². The van der Waals surface area contributed by atoms with Crippen LogP contribution in [0.1, 0.15) is 25.1 Å². The molecule has 0 N–H and O–H groups in total. The smallest absolute Gasteiger partial charge is 0.326 e. The van der Waals surface area contributed by atoms with Gasteiger partial charge < -0.3 is 4.57 Å². The summed E-state index contributed by atoms with van der Waals surface area (Å²) < 4.78 is 67.3. The molecule has 0 saturated carbocycles. The lowest BCUT2D eigenvalue weighted by Crippen LogP contribution is -2.12. The average Bonchev–Trinajstić information content (AvgIpc) is 3.14. The van der Waals surface area contributed by atoms with E-state index in [9.17, 15) is 21.6 Å². The minimum Gasteiger partial charge on any atom is -0.326 e. The van der Waals surface area contributed by atoms with Crippen molar-refractivity contribution in [3.63, 3.8) is 0 Å². The molecule has 3 aromatic rings. The van der Waals surface area contributed by atoms with Crippen LogP contribution in [0.4, 0.5) is 13.2 Å². The predicted octanol–water partition coefficient (Wildman–Crippen LogP) is 4.15. The fraction of sp³-hybridized carbons (Fsp3) is 0.294. The van der Waals surface area contributed by atoms with Crippen LogP contribution in [0.2, 0.25) is 0 Å². The van der Waals surface area contributed by atoms with Gasteiger partial charge in [-0.1, -0.05) is 18.5 Å². The molecule has 0 aliphatic carbocycles. The lowest BCUT2D eigenvalue weighted by molar-refractivity contribution is -0.137. The Morgan fingerprint density at radius 3 is 2.57 bits per heavy atom. The molecule has 0 atom stereocenters. The first-order valence-electron chi connectivity index (χ1n) is 8.13.